The summed E-state index contributed by atoms with van der Waals surface area (Å²) < 4.78 is 11.2. The molecule has 0 fully saturated rings. The number of aromatic nitrogens is 2. The zero-order chi connectivity index (χ0) is 30.5. The van der Waals surface area contributed by atoms with Gasteiger partial charge in [-0.1, -0.05) is 52.9 Å². The standard InChI is InChI=1S/C30H29ClN6O4S2/c1-40-23-11-6-17(14-24(23)41-2)12-13-34-25(39)16-42-30-36-35-29(43-30)37-21-4-3-5-22(38)27(21)26(20(15-32)28(37)33)18-7-9-19(31)10-8-18/h6-11,14,26H,3-5,12-13,16,33H2,1-2H3,(H,34,39). The number of nitrogens with two attached hydrogens (primary N) is 1. The number of amides is 1. The number of hydrogen-bond acceptors (Lipinski definition) is 11. The highest BCUT2D eigenvalue weighted by atomic mass is 35.5. The van der Waals surface area contributed by atoms with Crippen LogP contribution in [0.1, 0.15) is 36.3 Å². The molecule has 0 bridgehead atoms. The summed E-state index contributed by atoms with van der Waals surface area (Å²) in [4.78, 5) is 27.5. The van der Waals surface area contributed by atoms with E-state index in [0.29, 0.717) is 63.8 Å². The van der Waals surface area contributed by atoms with Gasteiger partial charge in [0.05, 0.1) is 37.5 Å². The first-order chi connectivity index (χ1) is 20.8. The van der Waals surface area contributed by atoms with Gasteiger partial charge in [-0.05, 0) is 54.7 Å². The third-order valence-corrected chi connectivity index (χ3v) is 9.51. The lowest BCUT2D eigenvalue weighted by molar-refractivity contribution is -0.118. The number of rotatable bonds is 10. The fraction of sp³-hybridized carbons (Fsp3) is 0.300. The molecule has 2 aromatic carbocycles. The van der Waals surface area contributed by atoms with Gasteiger partial charge in [-0.2, -0.15) is 5.26 Å². The molecule has 2 aliphatic rings. The number of ether oxygens (including phenoxy) is 2. The number of carbonyl (C=O) groups excluding carboxylic acids is 2. The molecule has 3 N–H and O–H groups in total. The van der Waals surface area contributed by atoms with Gasteiger partial charge in [0.2, 0.25) is 11.0 Å². The summed E-state index contributed by atoms with van der Waals surface area (Å²) in [6.45, 7) is 0.460. The van der Waals surface area contributed by atoms with Crippen molar-refractivity contribution in [1.82, 2.24) is 15.5 Å². The van der Waals surface area contributed by atoms with Gasteiger partial charge in [-0.25, -0.2) is 0 Å². The minimum Gasteiger partial charge on any atom is -0.493 e. The predicted molar refractivity (Wildman–Crippen MR) is 166 cm³/mol. The van der Waals surface area contributed by atoms with Crippen molar-refractivity contribution in [2.75, 3.05) is 31.4 Å². The van der Waals surface area contributed by atoms with Crippen molar-refractivity contribution in [3.8, 4) is 17.6 Å². The molecule has 10 nitrogen and oxygen atoms in total. The highest BCUT2D eigenvalue weighted by Gasteiger charge is 2.41. The van der Waals surface area contributed by atoms with Crippen molar-refractivity contribution >= 4 is 51.5 Å². The average molecular weight is 637 g/mol. The maximum atomic E-state index is 13.3. The third-order valence-electron chi connectivity index (χ3n) is 7.21. The van der Waals surface area contributed by atoms with Crippen LogP contribution in [0.4, 0.5) is 5.13 Å². The molecule has 3 aromatic rings. The second-order valence-electron chi connectivity index (χ2n) is 9.80. The number of anilines is 1. The molecule has 43 heavy (non-hydrogen) atoms. The zero-order valence-electron chi connectivity index (χ0n) is 23.6. The van der Waals surface area contributed by atoms with Gasteiger partial charge >= 0.3 is 0 Å². The maximum Gasteiger partial charge on any atom is 0.230 e. The number of ketones is 1. The van der Waals surface area contributed by atoms with Crippen molar-refractivity contribution in [1.29, 1.82) is 5.26 Å². The molecule has 2 heterocycles. The fourth-order valence-corrected chi connectivity index (χ4v) is 7.04. The number of thioether (sulfide) groups is 1. The number of Topliss-reactive ketones (excluding diaryl/α,β-unsaturated/α-hetero) is 1. The Morgan fingerprint density at radius 3 is 2.67 bits per heavy atom. The van der Waals surface area contributed by atoms with Crippen LogP contribution in [0.5, 0.6) is 11.5 Å². The van der Waals surface area contributed by atoms with E-state index in [1.807, 2.05) is 30.3 Å². The zero-order valence-corrected chi connectivity index (χ0v) is 25.9. The van der Waals surface area contributed by atoms with E-state index in [-0.39, 0.29) is 28.8 Å². The van der Waals surface area contributed by atoms with E-state index < -0.39 is 5.92 Å². The molecular formula is C30H29ClN6O4S2. The number of carbonyl (C=O) groups is 2. The first-order valence-corrected chi connectivity index (χ1v) is 15.7. The summed E-state index contributed by atoms with van der Waals surface area (Å²) in [5, 5.41) is 22.7. The molecule has 1 amide bonds. The Morgan fingerprint density at radius 1 is 1.19 bits per heavy atom. The van der Waals surface area contributed by atoms with E-state index in [1.54, 1.807) is 31.3 Å². The maximum absolute atomic E-state index is 13.3. The smallest absolute Gasteiger partial charge is 0.230 e. The Kier molecular flexibility index (Phi) is 9.55. The van der Waals surface area contributed by atoms with Crippen LogP contribution in [0.25, 0.3) is 0 Å². The van der Waals surface area contributed by atoms with Crippen LogP contribution in [0.15, 0.2) is 69.5 Å². The molecule has 0 saturated heterocycles. The van der Waals surface area contributed by atoms with Gasteiger partial charge in [0.15, 0.2) is 21.6 Å². The minimum atomic E-state index is -0.578. The highest BCUT2D eigenvalue weighted by molar-refractivity contribution is 8.01. The molecule has 1 unspecified atom stereocenters. The molecule has 13 heteroatoms. The lowest BCUT2D eigenvalue weighted by Gasteiger charge is -2.38. The molecule has 0 radical (unpaired) electrons. The number of nitrogens with one attached hydrogen (secondary N) is 1. The number of hydrogen-bond donors (Lipinski definition) is 2. The van der Waals surface area contributed by atoms with Crippen LogP contribution in [-0.2, 0) is 16.0 Å². The molecule has 1 aliphatic carbocycles. The molecule has 222 valence electrons. The van der Waals surface area contributed by atoms with Crippen molar-refractivity contribution in [2.45, 2.75) is 35.9 Å². The second kappa shape index (κ2) is 13.5. The average Bonchev–Trinajstić information content (AvgIpc) is 3.48. The largest absolute Gasteiger partial charge is 0.493 e. The lowest BCUT2D eigenvalue weighted by Crippen LogP contribution is -2.38. The summed E-state index contributed by atoms with van der Waals surface area (Å²) >= 11 is 8.61. The first kappa shape index (κ1) is 30.4. The van der Waals surface area contributed by atoms with E-state index in [2.05, 4.69) is 21.6 Å². The monoisotopic (exact) mass is 636 g/mol. The Bertz CT molecular complexity index is 1650. The molecule has 0 saturated carbocycles. The molecular weight excluding hydrogens is 608 g/mol. The molecule has 1 aromatic heterocycles. The number of methoxy groups -OCH3 is 2. The van der Waals surface area contributed by atoms with E-state index in [4.69, 9.17) is 26.8 Å². The van der Waals surface area contributed by atoms with E-state index in [0.717, 1.165) is 16.8 Å². The quantitative estimate of drug-likeness (QED) is 0.293. The van der Waals surface area contributed by atoms with Gasteiger partial charge < -0.3 is 20.5 Å². The number of benzene rings is 2. The Balaban J connectivity index is 1.28. The van der Waals surface area contributed by atoms with Crippen LogP contribution in [0.2, 0.25) is 5.02 Å². The highest BCUT2D eigenvalue weighted by Crippen LogP contribution is 2.47. The fourth-order valence-electron chi connectivity index (χ4n) is 5.21. The van der Waals surface area contributed by atoms with Crippen LogP contribution in [-0.4, -0.2) is 48.4 Å². The van der Waals surface area contributed by atoms with Gasteiger partial charge in [-0.3, -0.25) is 14.5 Å². The molecule has 5 rings (SSSR count). The number of nitriles is 1. The second-order valence-corrected chi connectivity index (χ2v) is 12.4. The summed E-state index contributed by atoms with van der Waals surface area (Å²) in [5.74, 6) is 0.928. The summed E-state index contributed by atoms with van der Waals surface area (Å²) in [5.41, 5.74) is 9.95. The van der Waals surface area contributed by atoms with E-state index >= 15 is 0 Å². The van der Waals surface area contributed by atoms with Gasteiger partial charge in [0, 0.05) is 29.3 Å². The predicted octanol–water partition coefficient (Wildman–Crippen LogP) is 4.96. The van der Waals surface area contributed by atoms with Crippen molar-refractivity contribution in [2.24, 2.45) is 5.73 Å². The SMILES string of the molecule is COc1ccc(CCNC(=O)CSc2nnc(N3C(N)=C(C#N)C(c4ccc(Cl)cc4)C4=C3CCCC4=O)s2)cc1OC. The number of nitrogens with zero attached hydrogens (tertiary/aromatic N) is 4. The van der Waals surface area contributed by atoms with Crippen molar-refractivity contribution in [3.63, 3.8) is 0 Å². The lowest BCUT2D eigenvalue weighted by atomic mass is 9.76. The van der Waals surface area contributed by atoms with Crippen LogP contribution in [0, 0.1) is 11.3 Å². The summed E-state index contributed by atoms with van der Waals surface area (Å²) in [6.07, 6.45) is 2.30. The normalized spacial score (nSPS) is 16.6. The van der Waals surface area contributed by atoms with Crippen LogP contribution >= 0.6 is 34.7 Å². The number of allylic oxidation sites excluding steroid dienone is 3. The Labute approximate surface area is 262 Å². The number of halogens is 1. The Morgan fingerprint density at radius 2 is 1.95 bits per heavy atom. The van der Waals surface area contributed by atoms with Crippen LogP contribution in [0.3, 0.4) is 0 Å². The van der Waals surface area contributed by atoms with Crippen molar-refractivity contribution < 1.29 is 19.1 Å². The van der Waals surface area contributed by atoms with Gasteiger partial charge in [-0.15, -0.1) is 10.2 Å². The first-order valence-electron chi connectivity index (χ1n) is 13.5. The third kappa shape index (κ3) is 6.49. The topological polar surface area (TPSA) is 143 Å². The van der Waals surface area contributed by atoms with Gasteiger partial charge in [0.1, 0.15) is 5.82 Å². The molecule has 1 aliphatic heterocycles. The molecule has 1 atom stereocenters. The summed E-state index contributed by atoms with van der Waals surface area (Å²) in [6, 6.07) is 15.0. The minimum absolute atomic E-state index is 0.0182. The Hall–Kier alpha value is -4.05. The van der Waals surface area contributed by atoms with E-state index in [1.165, 1.54) is 23.1 Å². The van der Waals surface area contributed by atoms with Crippen LogP contribution < -0.4 is 25.4 Å². The van der Waals surface area contributed by atoms with Crippen molar-refractivity contribution in [3.05, 3.63) is 81.3 Å². The van der Waals surface area contributed by atoms with E-state index in [9.17, 15) is 14.9 Å². The molecule has 0 spiro atoms. The summed E-state index contributed by atoms with van der Waals surface area (Å²) in [7, 11) is 3.17. The van der Waals surface area contributed by atoms with Gasteiger partial charge in [0.25, 0.3) is 0 Å².